The second-order valence-electron chi connectivity index (χ2n) is 4.20. The lowest BCUT2D eigenvalue weighted by atomic mass is 10.2. The number of nitrogens with zero attached hydrogens (tertiary/aromatic N) is 3. The first kappa shape index (κ1) is 12.6. The lowest BCUT2D eigenvalue weighted by Crippen LogP contribution is -2.16. The van der Waals surface area contributed by atoms with E-state index in [1.807, 2.05) is 32.6 Å². The van der Waals surface area contributed by atoms with Crippen LogP contribution in [-0.2, 0) is 13.6 Å². The zero-order chi connectivity index (χ0) is 13.1. The van der Waals surface area contributed by atoms with Crippen LogP contribution in [0.3, 0.4) is 0 Å². The van der Waals surface area contributed by atoms with Crippen molar-refractivity contribution in [1.82, 2.24) is 9.78 Å². The molecular weight excluding hydrogens is 250 g/mol. The van der Waals surface area contributed by atoms with Gasteiger partial charge in [0.25, 0.3) is 0 Å². The van der Waals surface area contributed by atoms with Gasteiger partial charge in [0.2, 0.25) is 0 Å². The van der Waals surface area contributed by atoms with Crippen LogP contribution in [0.25, 0.3) is 0 Å². The van der Waals surface area contributed by atoms with Gasteiger partial charge in [-0.3, -0.25) is 9.48 Å². The molecule has 0 saturated heterocycles. The largest absolute Gasteiger partial charge is 0.370 e. The summed E-state index contributed by atoms with van der Waals surface area (Å²) in [7, 11) is 3.86. The van der Waals surface area contributed by atoms with Crippen molar-refractivity contribution in [2.75, 3.05) is 11.9 Å². The summed E-state index contributed by atoms with van der Waals surface area (Å²) in [5, 5.41) is 4.60. The van der Waals surface area contributed by atoms with Crippen LogP contribution in [0.5, 0.6) is 0 Å². The third kappa shape index (κ3) is 2.71. The number of rotatable bonds is 4. The van der Waals surface area contributed by atoms with Crippen LogP contribution < -0.4 is 4.90 Å². The maximum absolute atomic E-state index is 10.7. The van der Waals surface area contributed by atoms with Crippen LogP contribution in [0.15, 0.2) is 30.6 Å². The molecule has 0 amide bonds. The summed E-state index contributed by atoms with van der Waals surface area (Å²) in [4.78, 5) is 12.7. The molecule has 94 valence electrons. The van der Waals surface area contributed by atoms with E-state index in [9.17, 15) is 4.79 Å². The minimum absolute atomic E-state index is 0.473. The van der Waals surface area contributed by atoms with Gasteiger partial charge in [0.15, 0.2) is 6.29 Å². The Morgan fingerprint density at radius 1 is 1.50 bits per heavy atom. The van der Waals surface area contributed by atoms with Crippen molar-refractivity contribution in [3.05, 3.63) is 46.7 Å². The summed E-state index contributed by atoms with van der Waals surface area (Å²) in [5.74, 6) is 0. The third-order valence-corrected chi connectivity index (χ3v) is 3.06. The molecule has 0 bridgehead atoms. The number of aryl methyl sites for hydroxylation is 1. The first-order valence-electron chi connectivity index (χ1n) is 5.53. The molecule has 0 fully saturated rings. The van der Waals surface area contributed by atoms with Gasteiger partial charge in [-0.2, -0.15) is 5.10 Å². The predicted molar refractivity (Wildman–Crippen MR) is 72.2 cm³/mol. The molecule has 1 heterocycles. The van der Waals surface area contributed by atoms with E-state index in [1.54, 1.807) is 16.8 Å². The van der Waals surface area contributed by atoms with Gasteiger partial charge in [0.05, 0.1) is 11.2 Å². The number of aromatic nitrogens is 2. The van der Waals surface area contributed by atoms with Gasteiger partial charge in [-0.25, -0.2) is 0 Å². The third-order valence-electron chi connectivity index (χ3n) is 2.73. The second-order valence-corrected chi connectivity index (χ2v) is 4.61. The number of hydrogen-bond acceptors (Lipinski definition) is 3. The highest BCUT2D eigenvalue weighted by Gasteiger charge is 2.06. The van der Waals surface area contributed by atoms with Gasteiger partial charge in [0.1, 0.15) is 0 Å². The van der Waals surface area contributed by atoms with Crippen LogP contribution >= 0.6 is 11.6 Å². The molecule has 0 radical (unpaired) electrons. The Hall–Kier alpha value is -1.81. The van der Waals surface area contributed by atoms with Crippen molar-refractivity contribution in [1.29, 1.82) is 0 Å². The number of hydrogen-bond donors (Lipinski definition) is 0. The molecule has 2 aromatic rings. The molecule has 0 unspecified atom stereocenters. The molecule has 0 atom stereocenters. The van der Waals surface area contributed by atoms with E-state index < -0.39 is 0 Å². The smallest absolute Gasteiger partial charge is 0.151 e. The van der Waals surface area contributed by atoms with Gasteiger partial charge in [-0.15, -0.1) is 0 Å². The molecule has 18 heavy (non-hydrogen) atoms. The van der Waals surface area contributed by atoms with Gasteiger partial charge in [-0.05, 0) is 18.2 Å². The maximum atomic E-state index is 10.7. The molecule has 2 rings (SSSR count). The number of benzene rings is 1. The molecule has 5 heteroatoms. The fraction of sp³-hybridized carbons (Fsp3) is 0.231. The molecule has 0 aliphatic carbocycles. The Morgan fingerprint density at radius 3 is 2.83 bits per heavy atom. The van der Waals surface area contributed by atoms with Crippen LogP contribution in [0.4, 0.5) is 5.69 Å². The van der Waals surface area contributed by atoms with E-state index in [0.29, 0.717) is 10.6 Å². The zero-order valence-electron chi connectivity index (χ0n) is 10.3. The molecule has 0 aliphatic rings. The number of carbonyl (C=O) groups excluding carboxylic acids is 1. The molecule has 0 spiro atoms. The number of anilines is 1. The van der Waals surface area contributed by atoms with Crippen molar-refractivity contribution >= 4 is 23.6 Å². The highest BCUT2D eigenvalue weighted by Crippen LogP contribution is 2.23. The second kappa shape index (κ2) is 5.23. The van der Waals surface area contributed by atoms with Gasteiger partial charge < -0.3 is 4.90 Å². The van der Waals surface area contributed by atoms with Crippen LogP contribution in [0.1, 0.15) is 15.9 Å². The molecular formula is C13H14ClN3O. The normalized spacial score (nSPS) is 10.4. The van der Waals surface area contributed by atoms with Crippen molar-refractivity contribution < 1.29 is 4.79 Å². The lowest BCUT2D eigenvalue weighted by Gasteiger charge is -2.18. The Bertz CT molecular complexity index is 565. The average molecular weight is 264 g/mol. The molecule has 0 saturated carbocycles. The summed E-state index contributed by atoms with van der Waals surface area (Å²) in [5.41, 5.74) is 2.60. The summed E-state index contributed by atoms with van der Waals surface area (Å²) in [6, 6.07) is 5.40. The zero-order valence-corrected chi connectivity index (χ0v) is 11.1. The van der Waals surface area contributed by atoms with Gasteiger partial charge in [-0.1, -0.05) is 11.6 Å². The van der Waals surface area contributed by atoms with E-state index in [-0.39, 0.29) is 0 Å². The quantitative estimate of drug-likeness (QED) is 0.796. The highest BCUT2D eigenvalue weighted by atomic mass is 35.5. The van der Waals surface area contributed by atoms with E-state index in [0.717, 1.165) is 24.1 Å². The molecule has 1 aromatic heterocycles. The average Bonchev–Trinajstić information content (AvgIpc) is 2.74. The minimum atomic E-state index is 0.473. The standard InChI is InChI=1S/C13H14ClN3O/c1-16(7-10-6-15-17(2)8-10)12-4-3-11(9-18)13(14)5-12/h3-6,8-9H,7H2,1-2H3. The minimum Gasteiger partial charge on any atom is -0.370 e. The fourth-order valence-corrected chi connectivity index (χ4v) is 1.99. The Labute approximate surface area is 111 Å². The summed E-state index contributed by atoms with van der Waals surface area (Å²) in [6.45, 7) is 0.741. The van der Waals surface area contributed by atoms with Crippen LogP contribution in [0, 0.1) is 0 Å². The van der Waals surface area contributed by atoms with E-state index in [2.05, 4.69) is 10.00 Å². The van der Waals surface area contributed by atoms with Gasteiger partial charge >= 0.3 is 0 Å². The monoisotopic (exact) mass is 263 g/mol. The molecule has 1 aromatic carbocycles. The maximum Gasteiger partial charge on any atom is 0.151 e. The summed E-state index contributed by atoms with van der Waals surface area (Å²) in [6.07, 6.45) is 4.56. The van der Waals surface area contributed by atoms with Crippen LogP contribution in [-0.4, -0.2) is 23.1 Å². The van der Waals surface area contributed by atoms with Gasteiger partial charge in [0, 0.05) is 43.7 Å². The number of halogens is 1. The fourth-order valence-electron chi connectivity index (χ4n) is 1.77. The van der Waals surface area contributed by atoms with E-state index in [1.165, 1.54) is 0 Å². The van der Waals surface area contributed by atoms with Crippen molar-refractivity contribution in [3.8, 4) is 0 Å². The number of aldehydes is 1. The van der Waals surface area contributed by atoms with Crippen molar-refractivity contribution in [3.63, 3.8) is 0 Å². The SMILES string of the molecule is CN(Cc1cnn(C)c1)c1ccc(C=O)c(Cl)c1. The lowest BCUT2D eigenvalue weighted by molar-refractivity contribution is 0.112. The Balaban J connectivity index is 2.16. The topological polar surface area (TPSA) is 38.1 Å². The Kier molecular flexibility index (Phi) is 3.67. The van der Waals surface area contributed by atoms with Crippen molar-refractivity contribution in [2.24, 2.45) is 7.05 Å². The first-order chi connectivity index (χ1) is 8.60. The summed E-state index contributed by atoms with van der Waals surface area (Å²) >= 11 is 6.01. The van der Waals surface area contributed by atoms with Crippen LogP contribution in [0.2, 0.25) is 5.02 Å². The first-order valence-corrected chi connectivity index (χ1v) is 5.91. The van der Waals surface area contributed by atoms with E-state index >= 15 is 0 Å². The Morgan fingerprint density at radius 2 is 2.28 bits per heavy atom. The highest BCUT2D eigenvalue weighted by molar-refractivity contribution is 6.33. The van der Waals surface area contributed by atoms with E-state index in [4.69, 9.17) is 11.6 Å². The molecule has 0 aliphatic heterocycles. The molecule has 4 nitrogen and oxygen atoms in total. The number of carbonyl (C=O) groups is 1. The molecule has 0 N–H and O–H groups in total. The summed E-state index contributed by atoms with van der Waals surface area (Å²) < 4.78 is 1.77. The van der Waals surface area contributed by atoms with Crippen molar-refractivity contribution in [2.45, 2.75) is 6.54 Å². The predicted octanol–water partition coefficient (Wildman–Crippen LogP) is 2.52.